The predicted molar refractivity (Wildman–Crippen MR) is 136 cm³/mol. The number of hydrogen-bond donors (Lipinski definition) is 2. The number of nitrogens with one attached hydrogen (secondary N) is 2. The van der Waals surface area contributed by atoms with Crippen molar-refractivity contribution in [2.24, 2.45) is 10.9 Å². The highest BCUT2D eigenvalue weighted by atomic mass is 127. The molecule has 0 radical (unpaired) electrons. The zero-order valence-corrected chi connectivity index (χ0v) is 21.1. The number of halogens is 1. The van der Waals surface area contributed by atoms with Gasteiger partial charge in [-0.05, 0) is 36.5 Å². The second-order valence-electron chi connectivity index (χ2n) is 8.00. The molecule has 1 aromatic carbocycles. The second kappa shape index (κ2) is 12.7. The standard InChI is InChI=1S/C23H34N6O.HI/c1-4-5-11-26-22(30)20-8-6-19(7-9-20)15-27-23(24-3)28-13-10-18(2)21(16-28)29-14-12-25-17-29;/h6-9,12,14,17-18,21H,4-5,10-11,13,15-16H2,1-3H3,(H,24,27)(H,26,30);1H. The summed E-state index contributed by atoms with van der Waals surface area (Å²) in [5.41, 5.74) is 1.82. The second-order valence-corrected chi connectivity index (χ2v) is 8.00. The molecular weight excluding hydrogens is 503 g/mol. The molecule has 1 aliphatic heterocycles. The Labute approximate surface area is 202 Å². The van der Waals surface area contributed by atoms with Gasteiger partial charge in [0.25, 0.3) is 5.91 Å². The van der Waals surface area contributed by atoms with Gasteiger partial charge in [-0.15, -0.1) is 24.0 Å². The Morgan fingerprint density at radius 1 is 1.26 bits per heavy atom. The Bertz CT molecular complexity index is 821. The van der Waals surface area contributed by atoms with E-state index >= 15 is 0 Å². The molecule has 1 saturated heterocycles. The molecule has 1 aliphatic rings. The maximum Gasteiger partial charge on any atom is 0.251 e. The number of carbonyl (C=O) groups excluding carboxylic acids is 1. The van der Waals surface area contributed by atoms with E-state index in [1.54, 1.807) is 0 Å². The lowest BCUT2D eigenvalue weighted by Gasteiger charge is -2.39. The van der Waals surface area contributed by atoms with Gasteiger partial charge in [-0.25, -0.2) is 4.98 Å². The summed E-state index contributed by atoms with van der Waals surface area (Å²) in [6, 6.07) is 8.17. The largest absolute Gasteiger partial charge is 0.352 e. The van der Waals surface area contributed by atoms with Crippen molar-refractivity contribution < 1.29 is 4.79 Å². The summed E-state index contributed by atoms with van der Waals surface area (Å²) >= 11 is 0. The van der Waals surface area contributed by atoms with Crippen LogP contribution in [0.2, 0.25) is 0 Å². The van der Waals surface area contributed by atoms with Crippen molar-refractivity contribution in [3.63, 3.8) is 0 Å². The molecule has 2 aromatic rings. The van der Waals surface area contributed by atoms with Crippen LogP contribution in [0.3, 0.4) is 0 Å². The maximum absolute atomic E-state index is 12.1. The predicted octanol–water partition coefficient (Wildman–Crippen LogP) is 3.69. The average Bonchev–Trinajstić information content (AvgIpc) is 3.30. The fourth-order valence-electron chi connectivity index (χ4n) is 3.86. The molecule has 0 aliphatic carbocycles. The van der Waals surface area contributed by atoms with Gasteiger partial charge >= 0.3 is 0 Å². The van der Waals surface area contributed by atoms with Crippen LogP contribution >= 0.6 is 24.0 Å². The van der Waals surface area contributed by atoms with Gasteiger partial charge in [-0.1, -0.05) is 32.4 Å². The summed E-state index contributed by atoms with van der Waals surface area (Å²) in [6.07, 6.45) is 8.98. The molecule has 0 spiro atoms. The molecule has 1 aromatic heterocycles. The van der Waals surface area contributed by atoms with Crippen LogP contribution in [0, 0.1) is 5.92 Å². The number of guanidine groups is 1. The first kappa shape index (κ1) is 25.2. The van der Waals surface area contributed by atoms with Crippen LogP contribution in [0.5, 0.6) is 0 Å². The Kier molecular flexibility index (Phi) is 10.3. The number of amides is 1. The van der Waals surface area contributed by atoms with E-state index in [-0.39, 0.29) is 29.9 Å². The van der Waals surface area contributed by atoms with Crippen LogP contribution in [-0.4, -0.2) is 53.0 Å². The van der Waals surface area contributed by atoms with Gasteiger partial charge in [0, 0.05) is 51.2 Å². The van der Waals surface area contributed by atoms with Crippen LogP contribution in [0.1, 0.15) is 55.1 Å². The van der Waals surface area contributed by atoms with Crippen LogP contribution in [-0.2, 0) is 6.54 Å². The third kappa shape index (κ3) is 6.95. The van der Waals surface area contributed by atoms with E-state index in [1.807, 2.05) is 50.0 Å². The fourth-order valence-corrected chi connectivity index (χ4v) is 3.86. The third-order valence-electron chi connectivity index (χ3n) is 5.82. The molecule has 2 N–H and O–H groups in total. The molecular formula is C23H35IN6O. The van der Waals surface area contributed by atoms with Gasteiger partial charge in [-0.2, -0.15) is 0 Å². The highest BCUT2D eigenvalue weighted by Crippen LogP contribution is 2.27. The molecule has 3 rings (SSSR count). The minimum atomic E-state index is -0.00764. The smallest absolute Gasteiger partial charge is 0.251 e. The van der Waals surface area contributed by atoms with E-state index in [0.717, 1.165) is 50.4 Å². The summed E-state index contributed by atoms with van der Waals surface area (Å²) in [7, 11) is 1.83. The Morgan fingerprint density at radius 2 is 2.03 bits per heavy atom. The van der Waals surface area contributed by atoms with Crippen molar-refractivity contribution in [2.75, 3.05) is 26.7 Å². The minimum absolute atomic E-state index is 0. The highest BCUT2D eigenvalue weighted by molar-refractivity contribution is 14.0. The third-order valence-corrected chi connectivity index (χ3v) is 5.82. The first-order valence-electron chi connectivity index (χ1n) is 10.9. The maximum atomic E-state index is 12.1. The molecule has 2 unspecified atom stereocenters. The SMILES string of the molecule is CCCCNC(=O)c1ccc(CNC(=NC)N2CCC(C)C(n3ccnc3)C2)cc1.I. The average molecular weight is 538 g/mol. The number of carbonyl (C=O) groups is 1. The number of piperidine rings is 1. The number of rotatable bonds is 7. The summed E-state index contributed by atoms with van der Waals surface area (Å²) < 4.78 is 2.20. The number of aliphatic imine (C=N–C) groups is 1. The summed E-state index contributed by atoms with van der Waals surface area (Å²) in [4.78, 5) is 23.2. The molecule has 8 heteroatoms. The number of benzene rings is 1. The van der Waals surface area contributed by atoms with E-state index in [9.17, 15) is 4.79 Å². The lowest BCUT2D eigenvalue weighted by Crippen LogP contribution is -2.48. The fraction of sp³-hybridized carbons (Fsp3) is 0.522. The number of hydrogen-bond acceptors (Lipinski definition) is 3. The van der Waals surface area contributed by atoms with E-state index in [4.69, 9.17) is 0 Å². The number of aromatic nitrogens is 2. The van der Waals surface area contributed by atoms with Crippen LogP contribution in [0.25, 0.3) is 0 Å². The van der Waals surface area contributed by atoms with E-state index in [2.05, 4.69) is 43.9 Å². The summed E-state index contributed by atoms with van der Waals surface area (Å²) in [6.45, 7) is 7.72. The van der Waals surface area contributed by atoms with E-state index in [1.165, 1.54) is 0 Å². The first-order chi connectivity index (χ1) is 14.6. The zero-order chi connectivity index (χ0) is 21.3. The van der Waals surface area contributed by atoms with E-state index in [0.29, 0.717) is 24.1 Å². The van der Waals surface area contributed by atoms with Crippen LogP contribution < -0.4 is 10.6 Å². The molecule has 1 fully saturated rings. The topological polar surface area (TPSA) is 74.6 Å². The Balaban J connectivity index is 0.00000341. The number of nitrogens with zero attached hydrogens (tertiary/aromatic N) is 4. The quantitative estimate of drug-likeness (QED) is 0.244. The number of imidazole rings is 1. The van der Waals surface area contributed by atoms with Gasteiger partial charge in [0.1, 0.15) is 0 Å². The van der Waals surface area contributed by atoms with Gasteiger partial charge in [0.15, 0.2) is 5.96 Å². The molecule has 2 atom stereocenters. The Hall–Kier alpha value is -2.10. The van der Waals surface area contributed by atoms with Crippen molar-refractivity contribution in [3.8, 4) is 0 Å². The molecule has 170 valence electrons. The minimum Gasteiger partial charge on any atom is -0.352 e. The summed E-state index contributed by atoms with van der Waals surface area (Å²) in [5, 5.41) is 6.43. The lowest BCUT2D eigenvalue weighted by atomic mass is 9.93. The highest BCUT2D eigenvalue weighted by Gasteiger charge is 2.28. The number of likely N-dealkylation sites (tertiary alicyclic amines) is 1. The molecule has 1 amide bonds. The van der Waals surface area contributed by atoms with Crippen molar-refractivity contribution in [3.05, 3.63) is 54.1 Å². The van der Waals surface area contributed by atoms with Gasteiger partial charge in [0.2, 0.25) is 0 Å². The van der Waals surface area contributed by atoms with E-state index < -0.39 is 0 Å². The van der Waals surface area contributed by atoms with Crippen molar-refractivity contribution >= 4 is 35.8 Å². The normalized spacial score (nSPS) is 18.9. The van der Waals surface area contributed by atoms with Crippen molar-refractivity contribution in [1.82, 2.24) is 25.1 Å². The monoisotopic (exact) mass is 538 g/mol. The van der Waals surface area contributed by atoms with Crippen molar-refractivity contribution in [2.45, 2.75) is 45.7 Å². The van der Waals surface area contributed by atoms with Gasteiger partial charge < -0.3 is 20.1 Å². The van der Waals surface area contributed by atoms with Crippen molar-refractivity contribution in [1.29, 1.82) is 0 Å². The first-order valence-corrected chi connectivity index (χ1v) is 10.9. The van der Waals surface area contributed by atoms with Crippen LogP contribution in [0.15, 0.2) is 48.0 Å². The molecule has 2 heterocycles. The lowest BCUT2D eigenvalue weighted by molar-refractivity contribution is 0.0953. The molecule has 7 nitrogen and oxygen atoms in total. The molecule has 31 heavy (non-hydrogen) atoms. The van der Waals surface area contributed by atoms with Gasteiger partial charge in [0.05, 0.1) is 12.4 Å². The summed E-state index contributed by atoms with van der Waals surface area (Å²) in [5.74, 6) is 1.50. The zero-order valence-electron chi connectivity index (χ0n) is 18.8. The molecule has 0 bridgehead atoms. The Morgan fingerprint density at radius 3 is 2.68 bits per heavy atom. The van der Waals surface area contributed by atoms with Crippen LogP contribution in [0.4, 0.5) is 0 Å². The number of unbranched alkanes of at least 4 members (excludes halogenated alkanes) is 1. The molecule has 0 saturated carbocycles. The van der Waals surface area contributed by atoms with Gasteiger partial charge in [-0.3, -0.25) is 9.79 Å².